The molecule has 1 aliphatic carbocycles. The van der Waals surface area contributed by atoms with Gasteiger partial charge in [0.15, 0.2) is 11.5 Å². The summed E-state index contributed by atoms with van der Waals surface area (Å²) in [5, 5.41) is 10.6. The summed E-state index contributed by atoms with van der Waals surface area (Å²) < 4.78 is 2.02. The third-order valence-corrected chi connectivity index (χ3v) is 6.67. The molecule has 0 amide bonds. The zero-order valence-corrected chi connectivity index (χ0v) is 18.1. The summed E-state index contributed by atoms with van der Waals surface area (Å²) >= 11 is 0. The van der Waals surface area contributed by atoms with Gasteiger partial charge in [-0.3, -0.25) is 4.57 Å². The molecule has 162 valence electrons. The summed E-state index contributed by atoms with van der Waals surface area (Å²) in [7, 11) is 0. The Morgan fingerprint density at radius 2 is 1.52 bits per heavy atom. The number of phenols is 1. The van der Waals surface area contributed by atoms with E-state index < -0.39 is 0 Å². The van der Waals surface area contributed by atoms with Crippen LogP contribution in [0, 0.1) is 0 Å². The molecule has 5 aromatic rings. The first-order valence-electron chi connectivity index (χ1n) is 11.3. The van der Waals surface area contributed by atoms with E-state index in [9.17, 15) is 5.11 Å². The van der Waals surface area contributed by atoms with Crippen LogP contribution >= 0.6 is 0 Å². The predicted octanol–water partition coefficient (Wildman–Crippen LogP) is 5.80. The highest BCUT2D eigenvalue weighted by molar-refractivity contribution is 5.83. The van der Waals surface area contributed by atoms with Crippen molar-refractivity contribution in [3.8, 4) is 34.1 Å². The van der Waals surface area contributed by atoms with E-state index in [-0.39, 0.29) is 11.3 Å². The number of aromatic hydroxyl groups is 1. The average Bonchev–Trinajstić information content (AvgIpc) is 3.22. The van der Waals surface area contributed by atoms with Crippen molar-refractivity contribution in [2.24, 2.45) is 5.73 Å². The van der Waals surface area contributed by atoms with E-state index in [1.54, 1.807) is 6.07 Å². The summed E-state index contributed by atoms with van der Waals surface area (Å²) in [4.78, 5) is 9.86. The number of phenolic OH excluding ortho intramolecular Hbond substituents is 1. The van der Waals surface area contributed by atoms with Gasteiger partial charge in [0.2, 0.25) is 0 Å². The fourth-order valence-electron chi connectivity index (χ4n) is 4.60. The Labute approximate surface area is 192 Å². The molecule has 5 nitrogen and oxygen atoms in total. The zero-order valence-electron chi connectivity index (χ0n) is 18.1. The molecule has 1 fully saturated rings. The number of aromatic nitrogens is 3. The van der Waals surface area contributed by atoms with Gasteiger partial charge >= 0.3 is 0 Å². The van der Waals surface area contributed by atoms with Gasteiger partial charge in [-0.2, -0.15) is 0 Å². The fraction of sp³-hybridized carbons (Fsp3) is 0.143. The Hall–Kier alpha value is -3.96. The van der Waals surface area contributed by atoms with Crippen molar-refractivity contribution in [3.05, 3.63) is 96.6 Å². The number of fused-ring (bicyclic) bond motifs is 1. The molecule has 5 heteroatoms. The molecule has 0 bridgehead atoms. The van der Waals surface area contributed by atoms with Gasteiger partial charge in [-0.15, -0.1) is 0 Å². The fourth-order valence-corrected chi connectivity index (χ4v) is 4.60. The lowest BCUT2D eigenvalue weighted by molar-refractivity contribution is 0.253. The Morgan fingerprint density at radius 3 is 2.21 bits per heavy atom. The molecular weight excluding hydrogens is 408 g/mol. The molecule has 1 saturated carbocycles. The van der Waals surface area contributed by atoms with Crippen LogP contribution in [-0.2, 0) is 5.54 Å². The smallest absolute Gasteiger partial charge is 0.165 e. The molecule has 0 spiro atoms. The highest BCUT2D eigenvalue weighted by atomic mass is 16.3. The third kappa shape index (κ3) is 3.29. The normalized spacial score (nSPS) is 14.8. The van der Waals surface area contributed by atoms with Crippen molar-refractivity contribution < 1.29 is 5.11 Å². The van der Waals surface area contributed by atoms with E-state index in [0.717, 1.165) is 46.5 Å². The minimum atomic E-state index is -0.213. The van der Waals surface area contributed by atoms with Crippen LogP contribution in [0.4, 0.5) is 0 Å². The van der Waals surface area contributed by atoms with E-state index in [1.165, 1.54) is 6.42 Å². The molecule has 2 aromatic heterocycles. The molecule has 0 unspecified atom stereocenters. The van der Waals surface area contributed by atoms with Crippen LogP contribution in [-0.4, -0.2) is 19.6 Å². The van der Waals surface area contributed by atoms with Crippen molar-refractivity contribution in [2.45, 2.75) is 24.8 Å². The molecule has 33 heavy (non-hydrogen) atoms. The molecule has 3 aromatic carbocycles. The second-order valence-corrected chi connectivity index (χ2v) is 8.75. The molecule has 0 radical (unpaired) electrons. The van der Waals surface area contributed by atoms with E-state index in [4.69, 9.17) is 15.7 Å². The highest BCUT2D eigenvalue weighted by Crippen LogP contribution is 2.39. The zero-order chi connectivity index (χ0) is 22.4. The van der Waals surface area contributed by atoms with Gasteiger partial charge in [0, 0.05) is 16.8 Å². The Kier molecular flexibility index (Phi) is 4.52. The molecule has 6 rings (SSSR count). The number of hydrogen-bond donors (Lipinski definition) is 2. The van der Waals surface area contributed by atoms with Gasteiger partial charge in [-0.05, 0) is 61.2 Å². The van der Waals surface area contributed by atoms with Crippen LogP contribution in [0.2, 0.25) is 0 Å². The summed E-state index contributed by atoms with van der Waals surface area (Å²) in [5.74, 6) is 0.837. The third-order valence-electron chi connectivity index (χ3n) is 6.67. The topological polar surface area (TPSA) is 77.0 Å². The maximum Gasteiger partial charge on any atom is 0.165 e. The largest absolute Gasteiger partial charge is 0.507 e. The number of pyridine rings is 1. The lowest BCUT2D eigenvalue weighted by Crippen LogP contribution is -2.43. The Balaban J connectivity index is 1.57. The molecule has 0 atom stereocenters. The number of hydrogen-bond acceptors (Lipinski definition) is 4. The van der Waals surface area contributed by atoms with Gasteiger partial charge in [0.05, 0.1) is 11.3 Å². The Bertz CT molecular complexity index is 1450. The van der Waals surface area contributed by atoms with Crippen LogP contribution in [0.15, 0.2) is 91.0 Å². The van der Waals surface area contributed by atoms with Crippen LogP contribution in [0.3, 0.4) is 0 Å². The first-order valence-corrected chi connectivity index (χ1v) is 11.3. The molecular formula is C28H24N4O. The molecule has 2 heterocycles. The summed E-state index contributed by atoms with van der Waals surface area (Å²) in [5.41, 5.74) is 12.5. The van der Waals surface area contributed by atoms with Crippen molar-refractivity contribution >= 4 is 11.2 Å². The second kappa shape index (κ2) is 7.57. The maximum atomic E-state index is 10.6. The monoisotopic (exact) mass is 432 g/mol. The van der Waals surface area contributed by atoms with Crippen LogP contribution in [0.25, 0.3) is 39.5 Å². The van der Waals surface area contributed by atoms with E-state index >= 15 is 0 Å². The molecule has 1 aliphatic rings. The lowest BCUT2D eigenvalue weighted by atomic mass is 9.73. The number of para-hydroxylation sites is 1. The van der Waals surface area contributed by atoms with Gasteiger partial charge < -0.3 is 10.8 Å². The standard InChI is InChI=1S/C28H24N4O/c29-28(17-6-18-28)20-11-13-21(14-12-20)32-26(22-9-4-5-10-25(22)33)31-24-16-15-23(30-27(24)32)19-7-2-1-3-8-19/h1-5,7-16,33H,6,17-18,29H2. The average molecular weight is 433 g/mol. The summed E-state index contributed by atoms with van der Waals surface area (Å²) in [6.07, 6.45) is 3.21. The number of nitrogens with two attached hydrogens (primary N) is 1. The van der Waals surface area contributed by atoms with Crippen molar-refractivity contribution in [3.63, 3.8) is 0 Å². The van der Waals surface area contributed by atoms with Crippen LogP contribution in [0.5, 0.6) is 5.75 Å². The van der Waals surface area contributed by atoms with Crippen molar-refractivity contribution in [1.29, 1.82) is 0 Å². The molecule has 0 saturated heterocycles. The van der Waals surface area contributed by atoms with Gasteiger partial charge in [0.1, 0.15) is 11.3 Å². The predicted molar refractivity (Wildman–Crippen MR) is 131 cm³/mol. The highest BCUT2D eigenvalue weighted by Gasteiger charge is 2.34. The Morgan fingerprint density at radius 1 is 0.788 bits per heavy atom. The first kappa shape index (κ1) is 19.7. The van der Waals surface area contributed by atoms with E-state index in [2.05, 4.69) is 24.3 Å². The number of imidazole rings is 1. The number of rotatable bonds is 4. The van der Waals surface area contributed by atoms with Crippen molar-refractivity contribution in [2.75, 3.05) is 0 Å². The van der Waals surface area contributed by atoms with Crippen molar-refractivity contribution in [1.82, 2.24) is 14.5 Å². The van der Waals surface area contributed by atoms with Gasteiger partial charge in [0.25, 0.3) is 0 Å². The van der Waals surface area contributed by atoms with Crippen LogP contribution < -0.4 is 5.73 Å². The molecule has 0 aliphatic heterocycles. The molecule has 3 N–H and O–H groups in total. The number of nitrogens with zero attached hydrogens (tertiary/aromatic N) is 3. The second-order valence-electron chi connectivity index (χ2n) is 8.75. The quantitative estimate of drug-likeness (QED) is 0.376. The van der Waals surface area contributed by atoms with E-state index in [1.807, 2.05) is 65.2 Å². The minimum absolute atomic E-state index is 0.185. The van der Waals surface area contributed by atoms with Crippen LogP contribution in [0.1, 0.15) is 24.8 Å². The minimum Gasteiger partial charge on any atom is -0.507 e. The van der Waals surface area contributed by atoms with Gasteiger partial charge in [-0.1, -0.05) is 54.6 Å². The summed E-state index contributed by atoms with van der Waals surface area (Å²) in [6, 6.07) is 29.7. The SMILES string of the molecule is NC1(c2ccc(-n3c(-c4ccccc4O)nc4ccc(-c5ccccc5)nc43)cc2)CCC1. The first-order chi connectivity index (χ1) is 16.1. The van der Waals surface area contributed by atoms with Gasteiger partial charge in [-0.25, -0.2) is 9.97 Å². The number of benzene rings is 3. The maximum absolute atomic E-state index is 10.6. The summed E-state index contributed by atoms with van der Waals surface area (Å²) in [6.45, 7) is 0. The lowest BCUT2D eigenvalue weighted by Gasteiger charge is -2.38. The van der Waals surface area contributed by atoms with E-state index in [0.29, 0.717) is 11.4 Å².